The molecule has 1 rings (SSSR count). The largest absolute Gasteiger partial charge is 0.478 e. The minimum absolute atomic E-state index is 0.0107. The van der Waals surface area contributed by atoms with E-state index >= 15 is 0 Å². The maximum atomic E-state index is 11.3. The van der Waals surface area contributed by atoms with E-state index in [0.717, 1.165) is 12.2 Å². The van der Waals surface area contributed by atoms with Gasteiger partial charge >= 0.3 is 5.97 Å². The number of carbonyl (C=O) groups excluding carboxylic acids is 2. The van der Waals surface area contributed by atoms with Crippen molar-refractivity contribution < 1.29 is 19.5 Å². The molecule has 1 saturated heterocycles. The number of rotatable bonds is 3. The van der Waals surface area contributed by atoms with E-state index in [1.54, 1.807) is 4.90 Å². The topological polar surface area (TPSA) is 86.7 Å². The first-order valence-electron chi connectivity index (χ1n) is 5.46. The van der Waals surface area contributed by atoms with Gasteiger partial charge in [-0.25, -0.2) is 4.79 Å². The summed E-state index contributed by atoms with van der Waals surface area (Å²) < 4.78 is 0. The third-order valence-electron chi connectivity index (χ3n) is 2.66. The molecule has 0 aromatic carbocycles. The van der Waals surface area contributed by atoms with E-state index < -0.39 is 11.9 Å². The van der Waals surface area contributed by atoms with Gasteiger partial charge in [-0.1, -0.05) is 0 Å². The summed E-state index contributed by atoms with van der Waals surface area (Å²) in [7, 11) is 0. The van der Waals surface area contributed by atoms with E-state index in [2.05, 4.69) is 5.32 Å². The molecular weight excluding hydrogens is 224 g/mol. The maximum absolute atomic E-state index is 11.3. The quantitative estimate of drug-likeness (QED) is 0.666. The Balaban J connectivity index is 2.33. The molecule has 1 aliphatic heterocycles. The average Bonchev–Trinajstić information content (AvgIpc) is 2.27. The fraction of sp³-hybridized carbons (Fsp3) is 0.545. The van der Waals surface area contributed by atoms with Crippen LogP contribution in [-0.2, 0) is 14.4 Å². The molecule has 17 heavy (non-hydrogen) atoms. The molecule has 2 N–H and O–H groups in total. The van der Waals surface area contributed by atoms with Gasteiger partial charge in [-0.2, -0.15) is 0 Å². The van der Waals surface area contributed by atoms with Gasteiger partial charge in [0.05, 0.1) is 0 Å². The van der Waals surface area contributed by atoms with E-state index in [9.17, 15) is 14.4 Å². The fourth-order valence-corrected chi connectivity index (χ4v) is 1.73. The highest BCUT2D eigenvalue weighted by Gasteiger charge is 2.21. The molecule has 1 heterocycles. The second-order valence-electron chi connectivity index (χ2n) is 3.96. The second-order valence-corrected chi connectivity index (χ2v) is 3.96. The number of hydrogen-bond acceptors (Lipinski definition) is 3. The third kappa shape index (κ3) is 4.67. The molecule has 0 saturated carbocycles. The van der Waals surface area contributed by atoms with E-state index in [4.69, 9.17) is 5.11 Å². The number of carboxylic acid groups (broad SMARTS) is 1. The van der Waals surface area contributed by atoms with Crippen molar-refractivity contribution in [1.82, 2.24) is 10.2 Å². The summed E-state index contributed by atoms with van der Waals surface area (Å²) in [5, 5.41) is 11.1. The number of amides is 2. The molecule has 6 nitrogen and oxygen atoms in total. The minimum Gasteiger partial charge on any atom is -0.478 e. The molecule has 2 amide bonds. The van der Waals surface area contributed by atoms with Gasteiger partial charge in [0.25, 0.3) is 0 Å². The van der Waals surface area contributed by atoms with E-state index in [-0.39, 0.29) is 11.9 Å². The number of nitrogens with zero attached hydrogens (tertiary/aromatic N) is 1. The number of likely N-dealkylation sites (tertiary alicyclic amines) is 1. The molecule has 0 atom stereocenters. The number of carbonyl (C=O) groups is 3. The lowest BCUT2D eigenvalue weighted by atomic mass is 10.1. The van der Waals surface area contributed by atoms with Crippen molar-refractivity contribution in [2.45, 2.75) is 25.8 Å². The Kier molecular flexibility index (Phi) is 4.68. The molecule has 94 valence electrons. The zero-order valence-corrected chi connectivity index (χ0v) is 9.68. The van der Waals surface area contributed by atoms with Crippen LogP contribution in [0.3, 0.4) is 0 Å². The highest BCUT2D eigenvalue weighted by molar-refractivity contribution is 5.94. The van der Waals surface area contributed by atoms with Gasteiger partial charge in [-0.15, -0.1) is 0 Å². The maximum Gasteiger partial charge on any atom is 0.328 e. The van der Waals surface area contributed by atoms with Crippen LogP contribution in [0.2, 0.25) is 0 Å². The van der Waals surface area contributed by atoms with Gasteiger partial charge in [0.2, 0.25) is 11.8 Å². The minimum atomic E-state index is -1.15. The molecule has 1 fully saturated rings. The van der Waals surface area contributed by atoms with Crippen LogP contribution < -0.4 is 5.32 Å². The van der Waals surface area contributed by atoms with Crippen LogP contribution >= 0.6 is 0 Å². The highest BCUT2D eigenvalue weighted by Crippen LogP contribution is 2.10. The lowest BCUT2D eigenvalue weighted by molar-refractivity contribution is -0.132. The average molecular weight is 240 g/mol. The molecule has 6 heteroatoms. The number of hydrogen-bond donors (Lipinski definition) is 2. The fourth-order valence-electron chi connectivity index (χ4n) is 1.73. The number of piperidine rings is 1. The van der Waals surface area contributed by atoms with Gasteiger partial charge in [-0.05, 0) is 12.8 Å². The molecule has 0 unspecified atom stereocenters. The van der Waals surface area contributed by atoms with Crippen LogP contribution in [0.4, 0.5) is 0 Å². The summed E-state index contributed by atoms with van der Waals surface area (Å²) in [6.07, 6.45) is 3.21. The van der Waals surface area contributed by atoms with Crippen LogP contribution in [0.5, 0.6) is 0 Å². The summed E-state index contributed by atoms with van der Waals surface area (Å²) in [5.74, 6) is -1.51. The smallest absolute Gasteiger partial charge is 0.328 e. The number of aliphatic carboxylic acids is 1. The van der Waals surface area contributed by atoms with Crippen molar-refractivity contribution in [1.29, 1.82) is 0 Å². The molecule has 0 aliphatic carbocycles. The molecule has 0 bridgehead atoms. The van der Waals surface area contributed by atoms with E-state index in [0.29, 0.717) is 25.9 Å². The van der Waals surface area contributed by atoms with Crippen LogP contribution in [-0.4, -0.2) is 46.9 Å². The Morgan fingerprint density at radius 3 is 2.29 bits per heavy atom. The zero-order valence-electron chi connectivity index (χ0n) is 9.68. The molecule has 0 aromatic rings. The summed E-state index contributed by atoms with van der Waals surface area (Å²) >= 11 is 0. The van der Waals surface area contributed by atoms with Gasteiger partial charge in [0.15, 0.2) is 0 Å². The van der Waals surface area contributed by atoms with E-state index in [1.807, 2.05) is 0 Å². The van der Waals surface area contributed by atoms with Gasteiger partial charge in [-0.3, -0.25) is 9.59 Å². The molecule has 1 aliphatic rings. The second kappa shape index (κ2) is 6.03. The predicted molar refractivity (Wildman–Crippen MR) is 60.2 cm³/mol. The van der Waals surface area contributed by atoms with E-state index in [1.165, 1.54) is 6.92 Å². The molecule has 0 spiro atoms. The Hall–Kier alpha value is -1.85. The molecule has 0 radical (unpaired) electrons. The van der Waals surface area contributed by atoms with Crippen LogP contribution in [0.25, 0.3) is 0 Å². The lowest BCUT2D eigenvalue weighted by Crippen LogP contribution is -2.45. The zero-order chi connectivity index (χ0) is 12.8. The molecular formula is C11H16N2O4. The highest BCUT2D eigenvalue weighted by atomic mass is 16.4. The summed E-state index contributed by atoms with van der Waals surface area (Å²) in [4.78, 5) is 34.3. The summed E-state index contributed by atoms with van der Waals surface area (Å²) in [5.41, 5.74) is 0. The third-order valence-corrected chi connectivity index (χ3v) is 2.66. The number of nitrogens with one attached hydrogen (secondary N) is 1. The van der Waals surface area contributed by atoms with Gasteiger partial charge in [0, 0.05) is 38.2 Å². The summed E-state index contributed by atoms with van der Waals surface area (Å²) in [6.45, 7) is 2.78. The van der Waals surface area contributed by atoms with Crippen molar-refractivity contribution in [2.24, 2.45) is 0 Å². The first-order valence-corrected chi connectivity index (χ1v) is 5.46. The molecule has 0 aromatic heterocycles. The monoisotopic (exact) mass is 240 g/mol. The van der Waals surface area contributed by atoms with Gasteiger partial charge in [0.1, 0.15) is 0 Å². The first kappa shape index (κ1) is 13.2. The predicted octanol–water partition coefficient (Wildman–Crippen LogP) is -0.246. The van der Waals surface area contributed by atoms with Crippen LogP contribution in [0, 0.1) is 0 Å². The van der Waals surface area contributed by atoms with Crippen molar-refractivity contribution >= 4 is 17.8 Å². The Bertz CT molecular complexity index is 343. The standard InChI is InChI=1S/C11H16N2O4/c1-8(14)13-6-4-9(5-7-13)12-10(15)2-3-11(16)17/h2-3,9H,4-7H2,1H3,(H,12,15)(H,16,17)/b3-2+. The van der Waals surface area contributed by atoms with Crippen molar-refractivity contribution in [3.8, 4) is 0 Å². The lowest BCUT2D eigenvalue weighted by Gasteiger charge is -2.31. The van der Waals surface area contributed by atoms with Gasteiger partial charge < -0.3 is 15.3 Å². The normalized spacial score (nSPS) is 17.1. The van der Waals surface area contributed by atoms with Crippen LogP contribution in [0.1, 0.15) is 19.8 Å². The number of carboxylic acids is 1. The SMILES string of the molecule is CC(=O)N1CCC(NC(=O)/C=C/C(=O)O)CC1. The summed E-state index contributed by atoms with van der Waals surface area (Å²) in [6, 6.07) is 0.0107. The Morgan fingerprint density at radius 1 is 1.24 bits per heavy atom. The van der Waals surface area contributed by atoms with Crippen molar-refractivity contribution in [3.05, 3.63) is 12.2 Å². The van der Waals surface area contributed by atoms with Crippen molar-refractivity contribution in [2.75, 3.05) is 13.1 Å². The van der Waals surface area contributed by atoms with Crippen molar-refractivity contribution in [3.63, 3.8) is 0 Å². The Morgan fingerprint density at radius 2 is 1.82 bits per heavy atom. The van der Waals surface area contributed by atoms with Crippen LogP contribution in [0.15, 0.2) is 12.2 Å². The Labute approximate surface area is 99.3 Å². The first-order chi connectivity index (χ1) is 7.99.